The molecule has 1 N–H and O–H groups in total. The molecule has 1 aliphatic heterocycles. The summed E-state index contributed by atoms with van der Waals surface area (Å²) in [6, 6.07) is 7.95. The zero-order valence-corrected chi connectivity index (χ0v) is 10.4. The number of anilines is 1. The van der Waals surface area contributed by atoms with Gasteiger partial charge in [0.05, 0.1) is 5.69 Å². The number of carbonyl (C=O) groups is 1. The van der Waals surface area contributed by atoms with Crippen LogP contribution in [0.2, 0.25) is 0 Å². The van der Waals surface area contributed by atoms with Gasteiger partial charge in [0.15, 0.2) is 0 Å². The van der Waals surface area contributed by atoms with Crippen molar-refractivity contribution in [1.29, 1.82) is 0 Å². The molecule has 0 aromatic heterocycles. The van der Waals surface area contributed by atoms with Crippen LogP contribution in [0.1, 0.15) is 26.7 Å². The summed E-state index contributed by atoms with van der Waals surface area (Å²) in [5, 5.41) is 2.97. The second-order valence-corrected chi connectivity index (χ2v) is 4.80. The second-order valence-electron chi connectivity index (χ2n) is 3.66. The summed E-state index contributed by atoms with van der Waals surface area (Å²) in [6.07, 6.45) is 1.70. The number of carbonyl (C=O) groups excluding carboxylic acids is 1. The minimum atomic E-state index is 0.0526. The first kappa shape index (κ1) is 11.3. The maximum Gasteiger partial charge on any atom is 0.252 e. The van der Waals surface area contributed by atoms with Crippen molar-refractivity contribution in [3.05, 3.63) is 34.7 Å². The van der Waals surface area contributed by atoms with E-state index in [0.717, 1.165) is 29.0 Å². The fourth-order valence-corrected chi connectivity index (χ4v) is 2.97. The minimum absolute atomic E-state index is 0.0526. The first-order valence-corrected chi connectivity index (χ1v) is 6.38. The van der Waals surface area contributed by atoms with Gasteiger partial charge in [-0.2, -0.15) is 0 Å². The van der Waals surface area contributed by atoms with Crippen molar-refractivity contribution in [3.8, 4) is 0 Å². The molecule has 0 radical (unpaired) electrons. The molecule has 0 atom stereocenters. The molecular weight excluding hydrogens is 218 g/mol. The number of hydrogen-bond acceptors (Lipinski definition) is 2. The van der Waals surface area contributed by atoms with Gasteiger partial charge in [0, 0.05) is 10.5 Å². The number of benzene rings is 1. The van der Waals surface area contributed by atoms with E-state index in [0.29, 0.717) is 0 Å². The van der Waals surface area contributed by atoms with Crippen molar-refractivity contribution >= 4 is 23.4 Å². The molecule has 84 valence electrons. The predicted molar refractivity (Wildman–Crippen MR) is 68.5 cm³/mol. The zero-order chi connectivity index (χ0) is 11.5. The van der Waals surface area contributed by atoms with Crippen molar-refractivity contribution in [3.63, 3.8) is 0 Å². The Morgan fingerprint density at radius 3 is 2.62 bits per heavy atom. The molecule has 1 heterocycles. The molecule has 0 fully saturated rings. The molecule has 0 unspecified atom stereocenters. The summed E-state index contributed by atoms with van der Waals surface area (Å²) >= 11 is 1.71. The molecule has 3 heteroatoms. The molecule has 1 aliphatic rings. The Morgan fingerprint density at radius 1 is 1.19 bits per heavy atom. The molecular formula is C13H15NOS. The van der Waals surface area contributed by atoms with Crippen molar-refractivity contribution < 1.29 is 4.79 Å². The van der Waals surface area contributed by atoms with E-state index in [4.69, 9.17) is 0 Å². The van der Waals surface area contributed by atoms with E-state index < -0.39 is 0 Å². The summed E-state index contributed by atoms with van der Waals surface area (Å²) in [5.41, 5.74) is 1.84. The molecule has 0 bridgehead atoms. The quantitative estimate of drug-likeness (QED) is 0.841. The Labute approximate surface area is 100 Å². The third-order valence-corrected chi connectivity index (χ3v) is 4.01. The molecule has 16 heavy (non-hydrogen) atoms. The minimum Gasteiger partial charge on any atom is -0.321 e. The van der Waals surface area contributed by atoms with Crippen molar-refractivity contribution in [2.75, 3.05) is 5.32 Å². The van der Waals surface area contributed by atoms with Gasteiger partial charge in [-0.1, -0.05) is 37.7 Å². The largest absolute Gasteiger partial charge is 0.321 e. The van der Waals surface area contributed by atoms with Gasteiger partial charge in [-0.15, -0.1) is 0 Å². The van der Waals surface area contributed by atoms with Crippen LogP contribution in [-0.2, 0) is 4.79 Å². The number of allylic oxidation sites excluding steroid dienone is 1. The molecule has 1 aromatic rings. The van der Waals surface area contributed by atoms with E-state index in [1.54, 1.807) is 11.8 Å². The number of thioether (sulfide) groups is 1. The number of amides is 1. The first-order chi connectivity index (χ1) is 7.76. The van der Waals surface area contributed by atoms with Gasteiger partial charge in [0.1, 0.15) is 0 Å². The van der Waals surface area contributed by atoms with Crippen LogP contribution in [0.5, 0.6) is 0 Å². The summed E-state index contributed by atoms with van der Waals surface area (Å²) < 4.78 is 0. The standard InChI is InChI=1S/C13H15NOS/c1-3-9-11(4-2)16-12-8-6-5-7-10(12)14-13(9)15/h5-8H,3-4H2,1-2H3,(H,14,15). The van der Waals surface area contributed by atoms with Crippen LogP contribution in [0.25, 0.3) is 0 Å². The van der Waals surface area contributed by atoms with Crippen LogP contribution < -0.4 is 5.32 Å². The lowest BCUT2D eigenvalue weighted by atomic mass is 10.1. The highest BCUT2D eigenvalue weighted by Gasteiger charge is 2.19. The lowest BCUT2D eigenvalue weighted by molar-refractivity contribution is -0.113. The fourth-order valence-electron chi connectivity index (χ4n) is 1.82. The smallest absolute Gasteiger partial charge is 0.252 e. The maximum absolute atomic E-state index is 12.0. The lowest BCUT2D eigenvalue weighted by Gasteiger charge is -2.06. The lowest BCUT2D eigenvalue weighted by Crippen LogP contribution is -2.13. The Kier molecular flexibility index (Phi) is 3.34. The molecule has 0 aliphatic carbocycles. The third kappa shape index (κ3) is 2.00. The van der Waals surface area contributed by atoms with Crippen molar-refractivity contribution in [1.82, 2.24) is 0 Å². The highest BCUT2D eigenvalue weighted by Crippen LogP contribution is 2.39. The van der Waals surface area contributed by atoms with Gasteiger partial charge in [-0.25, -0.2) is 0 Å². The van der Waals surface area contributed by atoms with E-state index in [1.807, 2.05) is 25.1 Å². The van der Waals surface area contributed by atoms with Crippen LogP contribution >= 0.6 is 11.8 Å². The molecule has 0 spiro atoms. The van der Waals surface area contributed by atoms with E-state index >= 15 is 0 Å². The molecule has 1 amide bonds. The first-order valence-electron chi connectivity index (χ1n) is 5.56. The van der Waals surface area contributed by atoms with Gasteiger partial charge in [-0.3, -0.25) is 4.79 Å². The summed E-state index contributed by atoms with van der Waals surface area (Å²) in [6.45, 7) is 4.13. The van der Waals surface area contributed by atoms with E-state index in [9.17, 15) is 4.79 Å². The topological polar surface area (TPSA) is 29.1 Å². The van der Waals surface area contributed by atoms with Gasteiger partial charge >= 0.3 is 0 Å². The summed E-state index contributed by atoms with van der Waals surface area (Å²) in [4.78, 5) is 14.3. The van der Waals surface area contributed by atoms with Gasteiger partial charge in [0.2, 0.25) is 0 Å². The van der Waals surface area contributed by atoms with Crippen molar-refractivity contribution in [2.24, 2.45) is 0 Å². The van der Waals surface area contributed by atoms with Crippen molar-refractivity contribution in [2.45, 2.75) is 31.6 Å². The zero-order valence-electron chi connectivity index (χ0n) is 9.54. The highest BCUT2D eigenvalue weighted by atomic mass is 32.2. The van der Waals surface area contributed by atoms with Crippen LogP contribution in [0.3, 0.4) is 0 Å². The van der Waals surface area contributed by atoms with Gasteiger partial charge in [-0.05, 0) is 29.9 Å². The van der Waals surface area contributed by atoms with E-state index in [-0.39, 0.29) is 5.91 Å². The Balaban J connectivity index is 2.47. The maximum atomic E-state index is 12.0. The molecule has 2 rings (SSSR count). The fraction of sp³-hybridized carbons (Fsp3) is 0.308. The van der Waals surface area contributed by atoms with Crippen LogP contribution in [0.15, 0.2) is 39.6 Å². The molecule has 1 aromatic carbocycles. The number of para-hydroxylation sites is 1. The number of hydrogen-bond donors (Lipinski definition) is 1. The summed E-state index contributed by atoms with van der Waals surface area (Å²) in [7, 11) is 0. The van der Waals surface area contributed by atoms with Crippen LogP contribution in [-0.4, -0.2) is 5.91 Å². The van der Waals surface area contributed by atoms with Gasteiger partial charge < -0.3 is 5.32 Å². The average Bonchev–Trinajstić information content (AvgIpc) is 2.44. The van der Waals surface area contributed by atoms with E-state index in [2.05, 4.69) is 18.3 Å². The van der Waals surface area contributed by atoms with Gasteiger partial charge in [0.25, 0.3) is 5.91 Å². The van der Waals surface area contributed by atoms with Crippen LogP contribution in [0, 0.1) is 0 Å². The van der Waals surface area contributed by atoms with E-state index in [1.165, 1.54) is 4.91 Å². The third-order valence-electron chi connectivity index (χ3n) is 2.65. The van der Waals surface area contributed by atoms with Crippen LogP contribution in [0.4, 0.5) is 5.69 Å². The Morgan fingerprint density at radius 2 is 1.94 bits per heavy atom. The Hall–Kier alpha value is -1.22. The summed E-state index contributed by atoms with van der Waals surface area (Å²) in [5.74, 6) is 0.0526. The molecule has 0 saturated carbocycles. The molecule has 2 nitrogen and oxygen atoms in total. The number of fused-ring (bicyclic) bond motifs is 1. The second kappa shape index (κ2) is 4.74. The average molecular weight is 233 g/mol. The number of rotatable bonds is 2. The number of nitrogens with one attached hydrogen (secondary N) is 1. The Bertz CT molecular complexity index is 451. The normalized spacial score (nSPS) is 15.5. The highest BCUT2D eigenvalue weighted by molar-refractivity contribution is 8.03. The monoisotopic (exact) mass is 233 g/mol. The molecule has 0 saturated heterocycles. The SMILES string of the molecule is CCC1=C(CC)C(=O)Nc2ccccc2S1. The predicted octanol–water partition coefficient (Wildman–Crippen LogP) is 3.80.